The number of rotatable bonds is 5. The molecule has 1 aromatic heterocycles. The number of thiazole rings is 1. The molecule has 0 spiro atoms. The molecule has 3 rings (SSSR count). The normalized spacial score (nSPS) is 17.5. The number of nitrogens with one attached hydrogen (secondary N) is 1. The third-order valence-corrected chi connectivity index (χ3v) is 4.63. The fourth-order valence-electron chi connectivity index (χ4n) is 1.94. The van der Waals surface area contributed by atoms with Crippen molar-refractivity contribution < 1.29 is 0 Å². The Kier molecular flexibility index (Phi) is 3.32. The number of hydrogen-bond donors (Lipinski definition) is 1. The van der Waals surface area contributed by atoms with Crippen molar-refractivity contribution in [3.05, 3.63) is 29.3 Å². The molecule has 90 valence electrons. The summed E-state index contributed by atoms with van der Waals surface area (Å²) >= 11 is 8.00. The van der Waals surface area contributed by atoms with Crippen LogP contribution in [0.3, 0.4) is 0 Å². The van der Waals surface area contributed by atoms with Gasteiger partial charge in [-0.2, -0.15) is 0 Å². The number of halogens is 1. The van der Waals surface area contributed by atoms with E-state index in [2.05, 4.69) is 28.5 Å². The monoisotopic (exact) mass is 266 g/mol. The zero-order chi connectivity index (χ0) is 11.7. The third-order valence-electron chi connectivity index (χ3n) is 3.09. The first-order chi connectivity index (χ1) is 8.33. The maximum atomic E-state index is 6.24. The van der Waals surface area contributed by atoms with Crippen LogP contribution in [0.15, 0.2) is 24.3 Å². The van der Waals surface area contributed by atoms with Crippen molar-refractivity contribution in [1.82, 2.24) is 10.3 Å². The second-order valence-electron chi connectivity index (χ2n) is 4.56. The molecule has 4 heteroatoms. The largest absolute Gasteiger partial charge is 0.309 e. The number of para-hydroxylation sites is 1. The van der Waals surface area contributed by atoms with Crippen LogP contribution in [0.1, 0.15) is 17.8 Å². The zero-order valence-corrected chi connectivity index (χ0v) is 11.1. The van der Waals surface area contributed by atoms with Gasteiger partial charge >= 0.3 is 0 Å². The number of nitrogens with zero attached hydrogens (tertiary/aromatic N) is 1. The molecule has 1 aliphatic carbocycles. The summed E-state index contributed by atoms with van der Waals surface area (Å²) in [4.78, 5) is 4.58. The second kappa shape index (κ2) is 4.92. The molecule has 1 aliphatic rings. The van der Waals surface area contributed by atoms with Gasteiger partial charge in [-0.05, 0) is 30.9 Å². The lowest BCUT2D eigenvalue weighted by atomic mass is 10.3. The molecule has 2 aromatic rings. The maximum Gasteiger partial charge on any atom is 0.108 e. The topological polar surface area (TPSA) is 24.9 Å². The fraction of sp³-hybridized carbons (Fsp3) is 0.462. The van der Waals surface area contributed by atoms with E-state index < -0.39 is 0 Å². The van der Waals surface area contributed by atoms with Gasteiger partial charge < -0.3 is 5.32 Å². The molecule has 1 N–H and O–H groups in total. The Hall–Kier alpha value is -0.640. The van der Waals surface area contributed by atoms with Gasteiger partial charge in [0.05, 0.1) is 10.2 Å². The SMILES string of the molecule is ClC(CNCc1nc2ccccc2s1)C1CC1. The van der Waals surface area contributed by atoms with Crippen molar-refractivity contribution in [2.24, 2.45) is 5.92 Å². The number of fused-ring (bicyclic) bond motifs is 1. The van der Waals surface area contributed by atoms with E-state index in [4.69, 9.17) is 11.6 Å². The van der Waals surface area contributed by atoms with Crippen LogP contribution in [0.25, 0.3) is 10.2 Å². The van der Waals surface area contributed by atoms with Crippen LogP contribution >= 0.6 is 22.9 Å². The summed E-state index contributed by atoms with van der Waals surface area (Å²) in [6, 6.07) is 8.26. The van der Waals surface area contributed by atoms with E-state index in [1.165, 1.54) is 17.5 Å². The van der Waals surface area contributed by atoms with E-state index in [0.29, 0.717) is 5.38 Å². The van der Waals surface area contributed by atoms with Crippen LogP contribution in [0.4, 0.5) is 0 Å². The third kappa shape index (κ3) is 2.79. The van der Waals surface area contributed by atoms with E-state index in [9.17, 15) is 0 Å². The van der Waals surface area contributed by atoms with Crippen molar-refractivity contribution in [3.8, 4) is 0 Å². The summed E-state index contributed by atoms with van der Waals surface area (Å²) in [5.41, 5.74) is 1.10. The highest BCUT2D eigenvalue weighted by molar-refractivity contribution is 7.18. The number of alkyl halides is 1. The molecule has 0 saturated heterocycles. The molecule has 1 heterocycles. The molecule has 0 bridgehead atoms. The van der Waals surface area contributed by atoms with Crippen molar-refractivity contribution in [3.63, 3.8) is 0 Å². The lowest BCUT2D eigenvalue weighted by Gasteiger charge is -2.07. The Morgan fingerprint density at radius 3 is 3.00 bits per heavy atom. The van der Waals surface area contributed by atoms with Crippen LogP contribution in [0, 0.1) is 5.92 Å². The highest BCUT2D eigenvalue weighted by Gasteiger charge is 2.29. The first-order valence-electron chi connectivity index (χ1n) is 6.02. The molecule has 0 aliphatic heterocycles. The molecule has 1 unspecified atom stereocenters. The Bertz CT molecular complexity index is 474. The van der Waals surface area contributed by atoms with Gasteiger partial charge in [0.2, 0.25) is 0 Å². The summed E-state index contributed by atoms with van der Waals surface area (Å²) in [7, 11) is 0. The van der Waals surface area contributed by atoms with E-state index >= 15 is 0 Å². The summed E-state index contributed by atoms with van der Waals surface area (Å²) < 4.78 is 1.26. The molecular formula is C13H15ClN2S. The lowest BCUT2D eigenvalue weighted by Crippen LogP contribution is -2.24. The molecule has 2 nitrogen and oxygen atoms in total. The van der Waals surface area contributed by atoms with Gasteiger partial charge in [0.1, 0.15) is 5.01 Å². The Morgan fingerprint density at radius 1 is 1.41 bits per heavy atom. The minimum absolute atomic E-state index is 0.296. The van der Waals surface area contributed by atoms with Crippen molar-refractivity contribution in [2.75, 3.05) is 6.54 Å². The van der Waals surface area contributed by atoms with Crippen LogP contribution in [-0.4, -0.2) is 16.9 Å². The number of hydrogen-bond acceptors (Lipinski definition) is 3. The molecular weight excluding hydrogens is 252 g/mol. The number of aromatic nitrogens is 1. The van der Waals surface area contributed by atoms with Crippen molar-refractivity contribution >= 4 is 33.2 Å². The van der Waals surface area contributed by atoms with Crippen LogP contribution in [0.2, 0.25) is 0 Å². The van der Waals surface area contributed by atoms with Crippen LogP contribution < -0.4 is 5.32 Å². The van der Waals surface area contributed by atoms with Gasteiger partial charge in [-0.15, -0.1) is 22.9 Å². The van der Waals surface area contributed by atoms with E-state index in [1.54, 1.807) is 11.3 Å². The minimum Gasteiger partial charge on any atom is -0.309 e. The molecule has 0 radical (unpaired) electrons. The van der Waals surface area contributed by atoms with Crippen LogP contribution in [0.5, 0.6) is 0 Å². The summed E-state index contributed by atoms with van der Waals surface area (Å²) in [6.45, 7) is 1.72. The number of benzene rings is 1. The molecule has 17 heavy (non-hydrogen) atoms. The van der Waals surface area contributed by atoms with E-state index in [-0.39, 0.29) is 0 Å². The minimum atomic E-state index is 0.296. The second-order valence-corrected chi connectivity index (χ2v) is 6.24. The summed E-state index contributed by atoms with van der Waals surface area (Å²) in [6.07, 6.45) is 2.61. The molecule has 1 fully saturated rings. The maximum absolute atomic E-state index is 6.24. The van der Waals surface area contributed by atoms with Gasteiger partial charge in [0.15, 0.2) is 0 Å². The Balaban J connectivity index is 1.57. The van der Waals surface area contributed by atoms with E-state index in [0.717, 1.165) is 29.5 Å². The highest BCUT2D eigenvalue weighted by Crippen LogP contribution is 2.35. The fourth-order valence-corrected chi connectivity index (χ4v) is 3.24. The van der Waals surface area contributed by atoms with E-state index in [1.807, 2.05) is 6.07 Å². The van der Waals surface area contributed by atoms with Crippen molar-refractivity contribution in [2.45, 2.75) is 24.8 Å². The average molecular weight is 267 g/mol. The molecule has 1 saturated carbocycles. The zero-order valence-electron chi connectivity index (χ0n) is 9.53. The predicted molar refractivity (Wildman–Crippen MR) is 73.7 cm³/mol. The first-order valence-corrected chi connectivity index (χ1v) is 7.27. The Labute approximate surface area is 110 Å². The van der Waals surface area contributed by atoms with Gasteiger partial charge in [-0.1, -0.05) is 12.1 Å². The van der Waals surface area contributed by atoms with Gasteiger partial charge in [0, 0.05) is 18.5 Å². The molecule has 0 amide bonds. The van der Waals surface area contributed by atoms with Gasteiger partial charge in [-0.25, -0.2) is 4.98 Å². The highest BCUT2D eigenvalue weighted by atomic mass is 35.5. The summed E-state index contributed by atoms with van der Waals surface area (Å²) in [5, 5.41) is 4.84. The molecule has 1 aromatic carbocycles. The summed E-state index contributed by atoms with van der Waals surface area (Å²) in [5.74, 6) is 0.750. The average Bonchev–Trinajstić information content (AvgIpc) is 3.09. The van der Waals surface area contributed by atoms with Gasteiger partial charge in [-0.3, -0.25) is 0 Å². The first kappa shape index (κ1) is 11.5. The lowest BCUT2D eigenvalue weighted by molar-refractivity contribution is 0.619. The van der Waals surface area contributed by atoms with Crippen LogP contribution in [-0.2, 0) is 6.54 Å². The smallest absolute Gasteiger partial charge is 0.108 e. The van der Waals surface area contributed by atoms with Gasteiger partial charge in [0.25, 0.3) is 0 Å². The van der Waals surface area contributed by atoms with Crippen molar-refractivity contribution in [1.29, 1.82) is 0 Å². The standard InChI is InChI=1S/C13H15ClN2S/c14-10(9-5-6-9)7-15-8-13-16-11-3-1-2-4-12(11)17-13/h1-4,9-10,15H,5-8H2. The Morgan fingerprint density at radius 2 is 2.24 bits per heavy atom. The predicted octanol–water partition coefficient (Wildman–Crippen LogP) is 3.40. The molecule has 1 atom stereocenters. The quantitative estimate of drug-likeness (QED) is 0.839.